The molecule has 2 heterocycles. The number of benzene rings is 2. The number of amides is 1. The van der Waals surface area contributed by atoms with Crippen LogP contribution in [-0.2, 0) is 30.7 Å². The van der Waals surface area contributed by atoms with Gasteiger partial charge in [0.15, 0.2) is 0 Å². The van der Waals surface area contributed by atoms with E-state index < -0.39 is 0 Å². The zero-order chi connectivity index (χ0) is 29.1. The van der Waals surface area contributed by atoms with Gasteiger partial charge in [0.1, 0.15) is 11.4 Å². The van der Waals surface area contributed by atoms with Crippen LogP contribution in [0.2, 0.25) is 0 Å². The number of carbonyl (C=O) groups excluding carboxylic acids is 1. The first-order chi connectivity index (χ1) is 20.5. The summed E-state index contributed by atoms with van der Waals surface area (Å²) in [7, 11) is 1.68. The Hall–Kier alpha value is -3.60. The molecule has 1 atom stereocenters. The molecule has 1 fully saturated rings. The fraction of sp³-hybridized carbons (Fsp3) is 0.459. The Balaban J connectivity index is 1.27. The van der Waals surface area contributed by atoms with Crippen molar-refractivity contribution in [3.63, 3.8) is 0 Å². The number of nitrogens with one attached hydrogen (secondary N) is 1. The molecule has 1 unspecified atom stereocenters. The summed E-state index contributed by atoms with van der Waals surface area (Å²) in [5.41, 5.74) is 9.94. The fourth-order valence-corrected chi connectivity index (χ4v) is 7.58. The van der Waals surface area contributed by atoms with Gasteiger partial charge in [0.05, 0.1) is 13.0 Å². The minimum atomic E-state index is -0.140. The monoisotopic (exact) mass is 563 g/mol. The van der Waals surface area contributed by atoms with E-state index in [-0.39, 0.29) is 11.8 Å². The zero-order valence-corrected chi connectivity index (χ0v) is 25.5. The van der Waals surface area contributed by atoms with Crippen molar-refractivity contribution in [2.24, 2.45) is 5.92 Å². The van der Waals surface area contributed by atoms with Crippen LogP contribution < -0.4 is 10.1 Å². The lowest BCUT2D eigenvalue weighted by Gasteiger charge is -2.26. The average molecular weight is 564 g/mol. The SMILES string of the molecule is COc1ccccc1CNC(=O)C(c1ccc(Cn2c3c(c4c(C)cc(C)nc42)CCCC3)cc1)C1CCCCCC1. The Morgan fingerprint density at radius 2 is 1.71 bits per heavy atom. The number of para-hydroxylation sites is 1. The number of rotatable bonds is 8. The molecule has 1 N–H and O–H groups in total. The topological polar surface area (TPSA) is 56.1 Å². The molecule has 220 valence electrons. The molecule has 0 spiro atoms. The first-order valence-corrected chi connectivity index (χ1v) is 16.0. The Morgan fingerprint density at radius 3 is 2.48 bits per heavy atom. The van der Waals surface area contributed by atoms with Gasteiger partial charge in [-0.15, -0.1) is 0 Å². The molecule has 5 nitrogen and oxygen atoms in total. The molecule has 2 aromatic heterocycles. The largest absolute Gasteiger partial charge is 0.496 e. The van der Waals surface area contributed by atoms with Crippen molar-refractivity contribution in [2.75, 3.05) is 7.11 Å². The molecule has 6 rings (SSSR count). The summed E-state index contributed by atoms with van der Waals surface area (Å²) >= 11 is 0. The third-order valence-corrected chi connectivity index (χ3v) is 9.63. The van der Waals surface area contributed by atoms with Gasteiger partial charge < -0.3 is 14.6 Å². The van der Waals surface area contributed by atoms with Crippen molar-refractivity contribution in [3.8, 4) is 5.75 Å². The minimum Gasteiger partial charge on any atom is -0.496 e. The number of pyridine rings is 1. The maximum Gasteiger partial charge on any atom is 0.228 e. The first kappa shape index (κ1) is 28.5. The number of nitrogens with zero attached hydrogens (tertiary/aromatic N) is 2. The van der Waals surface area contributed by atoms with Gasteiger partial charge in [0.25, 0.3) is 0 Å². The number of methoxy groups -OCH3 is 1. The van der Waals surface area contributed by atoms with Crippen molar-refractivity contribution in [1.82, 2.24) is 14.9 Å². The Labute approximate surface area is 250 Å². The molecule has 1 amide bonds. The molecule has 42 heavy (non-hydrogen) atoms. The van der Waals surface area contributed by atoms with E-state index in [1.807, 2.05) is 24.3 Å². The summed E-state index contributed by atoms with van der Waals surface area (Å²) in [6.07, 6.45) is 12.0. The number of hydrogen-bond acceptors (Lipinski definition) is 3. The summed E-state index contributed by atoms with van der Waals surface area (Å²) in [6, 6.07) is 19.1. The number of fused-ring (bicyclic) bond motifs is 3. The molecule has 2 aliphatic carbocycles. The summed E-state index contributed by atoms with van der Waals surface area (Å²) in [6.45, 7) is 5.62. The molecular formula is C37H45N3O2. The molecule has 0 aliphatic heterocycles. The second kappa shape index (κ2) is 12.7. The Morgan fingerprint density at radius 1 is 0.976 bits per heavy atom. The molecule has 0 saturated heterocycles. The standard InChI is InChI=1S/C37H45N3O2/c1-25-22-26(2)39-36-34(25)31-15-9-10-16-32(31)40(36)24-27-18-20-29(21-19-27)35(28-12-6-4-5-7-13-28)37(41)38-23-30-14-8-11-17-33(30)42-3/h8,11,14,17-22,28,35H,4-7,9-10,12-13,15-16,23-24H2,1-3H3,(H,38,41). The quantitative estimate of drug-likeness (QED) is 0.221. The highest BCUT2D eigenvalue weighted by Crippen LogP contribution is 2.37. The van der Waals surface area contributed by atoms with Gasteiger partial charge in [0, 0.05) is 35.4 Å². The van der Waals surface area contributed by atoms with Crippen molar-refractivity contribution < 1.29 is 9.53 Å². The van der Waals surface area contributed by atoms with Gasteiger partial charge in [-0.25, -0.2) is 4.98 Å². The van der Waals surface area contributed by atoms with Gasteiger partial charge >= 0.3 is 0 Å². The van der Waals surface area contributed by atoms with E-state index in [0.717, 1.165) is 60.4 Å². The van der Waals surface area contributed by atoms with Crippen LogP contribution in [0.3, 0.4) is 0 Å². The second-order valence-corrected chi connectivity index (χ2v) is 12.5. The molecule has 4 aromatic rings. The highest BCUT2D eigenvalue weighted by atomic mass is 16.5. The predicted octanol–water partition coefficient (Wildman–Crippen LogP) is 7.96. The van der Waals surface area contributed by atoms with Crippen LogP contribution in [0.5, 0.6) is 5.75 Å². The fourth-order valence-electron chi connectivity index (χ4n) is 7.58. The molecule has 0 radical (unpaired) electrons. The second-order valence-electron chi connectivity index (χ2n) is 12.5. The molecule has 1 saturated carbocycles. The lowest BCUT2D eigenvalue weighted by atomic mass is 9.80. The van der Waals surface area contributed by atoms with E-state index in [0.29, 0.717) is 12.5 Å². The van der Waals surface area contributed by atoms with Crippen LogP contribution in [-0.4, -0.2) is 22.6 Å². The number of aryl methyl sites for hydroxylation is 3. The molecule has 2 aromatic carbocycles. The number of ether oxygens (including phenoxy) is 1. The van der Waals surface area contributed by atoms with Crippen molar-refractivity contribution in [1.29, 1.82) is 0 Å². The zero-order valence-electron chi connectivity index (χ0n) is 25.5. The van der Waals surface area contributed by atoms with Gasteiger partial charge in [-0.2, -0.15) is 0 Å². The molecule has 0 bridgehead atoms. The number of carbonyl (C=O) groups is 1. The summed E-state index contributed by atoms with van der Waals surface area (Å²) in [5, 5.41) is 4.64. The lowest BCUT2D eigenvalue weighted by molar-refractivity contribution is -0.124. The van der Waals surface area contributed by atoms with Gasteiger partial charge in [-0.3, -0.25) is 4.79 Å². The highest BCUT2D eigenvalue weighted by Gasteiger charge is 2.30. The smallest absolute Gasteiger partial charge is 0.228 e. The van der Waals surface area contributed by atoms with Gasteiger partial charge in [-0.1, -0.05) is 68.1 Å². The van der Waals surface area contributed by atoms with Crippen LogP contribution in [0.15, 0.2) is 54.6 Å². The van der Waals surface area contributed by atoms with E-state index in [9.17, 15) is 4.79 Å². The van der Waals surface area contributed by atoms with Crippen LogP contribution in [0.25, 0.3) is 11.0 Å². The third-order valence-electron chi connectivity index (χ3n) is 9.63. The highest BCUT2D eigenvalue weighted by molar-refractivity contribution is 5.86. The van der Waals surface area contributed by atoms with Crippen LogP contribution in [0.1, 0.15) is 96.5 Å². The molecule has 2 aliphatic rings. The van der Waals surface area contributed by atoms with Crippen LogP contribution >= 0.6 is 0 Å². The van der Waals surface area contributed by atoms with E-state index >= 15 is 0 Å². The van der Waals surface area contributed by atoms with E-state index in [1.165, 1.54) is 66.3 Å². The number of aromatic nitrogens is 2. The number of hydrogen-bond donors (Lipinski definition) is 1. The summed E-state index contributed by atoms with van der Waals surface area (Å²) < 4.78 is 8.00. The van der Waals surface area contributed by atoms with E-state index in [4.69, 9.17) is 9.72 Å². The van der Waals surface area contributed by atoms with Crippen LogP contribution in [0.4, 0.5) is 0 Å². The molecular weight excluding hydrogens is 518 g/mol. The Bertz CT molecular complexity index is 1540. The lowest BCUT2D eigenvalue weighted by Crippen LogP contribution is -2.33. The minimum absolute atomic E-state index is 0.126. The van der Waals surface area contributed by atoms with Crippen molar-refractivity contribution in [3.05, 3.63) is 93.8 Å². The molecule has 5 heteroatoms. The maximum absolute atomic E-state index is 13.9. The van der Waals surface area contributed by atoms with E-state index in [1.54, 1.807) is 7.11 Å². The summed E-state index contributed by atoms with van der Waals surface area (Å²) in [4.78, 5) is 18.9. The summed E-state index contributed by atoms with van der Waals surface area (Å²) in [5.74, 6) is 1.17. The predicted molar refractivity (Wildman–Crippen MR) is 170 cm³/mol. The maximum atomic E-state index is 13.9. The third kappa shape index (κ3) is 5.84. The van der Waals surface area contributed by atoms with Crippen LogP contribution in [0, 0.1) is 19.8 Å². The average Bonchev–Trinajstić information content (AvgIpc) is 3.13. The Kier molecular flexibility index (Phi) is 8.64. The van der Waals surface area contributed by atoms with Crippen molar-refractivity contribution >= 4 is 16.9 Å². The van der Waals surface area contributed by atoms with Gasteiger partial charge in [-0.05, 0) is 92.7 Å². The van der Waals surface area contributed by atoms with E-state index in [2.05, 4.69) is 54.1 Å². The van der Waals surface area contributed by atoms with Crippen molar-refractivity contribution in [2.45, 2.75) is 97.1 Å². The van der Waals surface area contributed by atoms with Gasteiger partial charge in [0.2, 0.25) is 5.91 Å². The first-order valence-electron chi connectivity index (χ1n) is 16.0. The normalized spacial score (nSPS) is 16.5.